The van der Waals surface area contributed by atoms with E-state index < -0.39 is 0 Å². The Kier molecular flexibility index (Phi) is 1.41. The zero-order valence-corrected chi connectivity index (χ0v) is 7.39. The summed E-state index contributed by atoms with van der Waals surface area (Å²) in [6.07, 6.45) is 1.62. The topological polar surface area (TPSA) is 55.3 Å². The van der Waals surface area contributed by atoms with Gasteiger partial charge in [-0.1, -0.05) is 5.16 Å². The highest BCUT2D eigenvalue weighted by Crippen LogP contribution is 2.51. The van der Waals surface area contributed by atoms with Gasteiger partial charge >= 0.3 is 0 Å². The van der Waals surface area contributed by atoms with Gasteiger partial charge in [0, 0.05) is 19.2 Å². The molecule has 1 aromatic rings. The van der Waals surface area contributed by atoms with Crippen molar-refractivity contribution in [2.45, 2.75) is 0 Å². The van der Waals surface area contributed by atoms with Gasteiger partial charge < -0.3 is 15.2 Å². The molecule has 2 aliphatic rings. The molecule has 4 nitrogen and oxygen atoms in total. The fourth-order valence-corrected chi connectivity index (χ4v) is 2.56. The number of rotatable bonds is 2. The van der Waals surface area contributed by atoms with Gasteiger partial charge in [-0.05, 0) is 24.3 Å². The number of aromatic nitrogens is 1. The lowest BCUT2D eigenvalue weighted by Gasteiger charge is -2.17. The molecule has 0 bridgehead atoms. The fourth-order valence-electron chi connectivity index (χ4n) is 2.56. The Balaban J connectivity index is 1.68. The summed E-state index contributed by atoms with van der Waals surface area (Å²) >= 11 is 0. The Morgan fingerprint density at radius 2 is 2.31 bits per heavy atom. The first-order chi connectivity index (χ1) is 6.40. The van der Waals surface area contributed by atoms with Crippen molar-refractivity contribution in [2.24, 2.45) is 23.5 Å². The van der Waals surface area contributed by atoms with Crippen molar-refractivity contribution in [3.05, 3.63) is 12.3 Å². The molecule has 1 saturated carbocycles. The van der Waals surface area contributed by atoms with Gasteiger partial charge in [-0.15, -0.1) is 0 Å². The van der Waals surface area contributed by atoms with Crippen LogP contribution in [0, 0.1) is 17.8 Å². The highest BCUT2D eigenvalue weighted by molar-refractivity contribution is 5.40. The molecule has 2 atom stereocenters. The van der Waals surface area contributed by atoms with Gasteiger partial charge in [-0.25, -0.2) is 0 Å². The third-order valence-corrected chi connectivity index (χ3v) is 3.39. The molecule has 1 saturated heterocycles. The number of nitrogens with zero attached hydrogens (tertiary/aromatic N) is 2. The lowest BCUT2D eigenvalue weighted by Crippen LogP contribution is -2.25. The molecule has 2 heterocycles. The first kappa shape index (κ1) is 7.38. The second kappa shape index (κ2) is 2.48. The predicted octanol–water partition coefficient (Wildman–Crippen LogP) is 0.315. The third kappa shape index (κ3) is 0.983. The quantitative estimate of drug-likeness (QED) is 0.710. The highest BCUT2D eigenvalue weighted by atomic mass is 16.5. The minimum Gasteiger partial charge on any atom is -0.363 e. The summed E-state index contributed by atoms with van der Waals surface area (Å²) in [4.78, 5) is 2.28. The Morgan fingerprint density at radius 3 is 2.85 bits per heavy atom. The van der Waals surface area contributed by atoms with Crippen molar-refractivity contribution in [3.8, 4) is 0 Å². The molecule has 2 unspecified atom stereocenters. The van der Waals surface area contributed by atoms with Crippen LogP contribution in [0.5, 0.6) is 0 Å². The van der Waals surface area contributed by atoms with E-state index in [2.05, 4.69) is 10.1 Å². The molecule has 0 amide bonds. The summed E-state index contributed by atoms with van der Waals surface area (Å²) in [5.74, 6) is 3.40. The monoisotopic (exact) mass is 179 g/mol. The highest BCUT2D eigenvalue weighted by Gasteiger charge is 2.54. The van der Waals surface area contributed by atoms with Crippen LogP contribution in [0.3, 0.4) is 0 Å². The van der Waals surface area contributed by atoms with Crippen LogP contribution in [0.4, 0.5) is 5.82 Å². The molecule has 3 rings (SSSR count). The first-order valence-electron chi connectivity index (χ1n) is 4.75. The second-order valence-corrected chi connectivity index (χ2v) is 3.99. The lowest BCUT2D eigenvalue weighted by atomic mass is 10.2. The molecule has 0 radical (unpaired) electrons. The van der Waals surface area contributed by atoms with Crippen molar-refractivity contribution in [3.63, 3.8) is 0 Å². The summed E-state index contributed by atoms with van der Waals surface area (Å²) < 4.78 is 4.81. The van der Waals surface area contributed by atoms with Crippen LogP contribution in [0.15, 0.2) is 16.9 Å². The van der Waals surface area contributed by atoms with E-state index in [0.717, 1.165) is 43.2 Å². The van der Waals surface area contributed by atoms with Crippen LogP contribution in [0.2, 0.25) is 0 Å². The van der Waals surface area contributed by atoms with Gasteiger partial charge in [0.2, 0.25) is 0 Å². The fraction of sp³-hybridized carbons (Fsp3) is 0.667. The number of nitrogens with two attached hydrogens (primary N) is 1. The number of piperidine rings is 1. The average molecular weight is 179 g/mol. The summed E-state index contributed by atoms with van der Waals surface area (Å²) in [5, 5.41) is 3.92. The van der Waals surface area contributed by atoms with Crippen LogP contribution in [0.25, 0.3) is 0 Å². The van der Waals surface area contributed by atoms with E-state index in [9.17, 15) is 0 Å². The molecule has 0 aromatic carbocycles. The van der Waals surface area contributed by atoms with E-state index in [1.807, 2.05) is 6.07 Å². The van der Waals surface area contributed by atoms with E-state index in [4.69, 9.17) is 10.3 Å². The largest absolute Gasteiger partial charge is 0.363 e. The second-order valence-electron chi connectivity index (χ2n) is 3.99. The normalized spacial score (nSPS) is 36.4. The number of hydrogen-bond donors (Lipinski definition) is 1. The maximum Gasteiger partial charge on any atom is 0.171 e. The van der Waals surface area contributed by atoms with Gasteiger partial charge in [0.15, 0.2) is 5.82 Å². The van der Waals surface area contributed by atoms with E-state index in [1.54, 1.807) is 6.26 Å². The van der Waals surface area contributed by atoms with Crippen molar-refractivity contribution < 1.29 is 4.52 Å². The minimum atomic E-state index is 0.781. The number of fused-ring (bicyclic) bond motifs is 1. The zero-order chi connectivity index (χ0) is 8.84. The van der Waals surface area contributed by atoms with Crippen molar-refractivity contribution in [1.29, 1.82) is 0 Å². The van der Waals surface area contributed by atoms with Crippen LogP contribution < -0.4 is 10.6 Å². The molecule has 70 valence electrons. The van der Waals surface area contributed by atoms with Crippen molar-refractivity contribution >= 4 is 5.82 Å². The van der Waals surface area contributed by atoms with Crippen LogP contribution in [0.1, 0.15) is 0 Å². The molecular weight excluding hydrogens is 166 g/mol. The minimum absolute atomic E-state index is 0.781. The smallest absolute Gasteiger partial charge is 0.171 e. The maximum atomic E-state index is 5.64. The summed E-state index contributed by atoms with van der Waals surface area (Å²) in [7, 11) is 0. The van der Waals surface area contributed by atoms with Gasteiger partial charge in [-0.3, -0.25) is 0 Å². The zero-order valence-electron chi connectivity index (χ0n) is 7.39. The van der Waals surface area contributed by atoms with Gasteiger partial charge in [0.1, 0.15) is 6.26 Å². The van der Waals surface area contributed by atoms with E-state index >= 15 is 0 Å². The lowest BCUT2D eigenvalue weighted by molar-refractivity contribution is 0.418. The van der Waals surface area contributed by atoms with Gasteiger partial charge in [0.25, 0.3) is 0 Å². The molecule has 13 heavy (non-hydrogen) atoms. The Labute approximate surface area is 76.7 Å². The first-order valence-corrected chi connectivity index (χ1v) is 4.75. The molecule has 1 aliphatic carbocycles. The Hall–Kier alpha value is -1.03. The molecule has 4 heteroatoms. The van der Waals surface area contributed by atoms with Gasteiger partial charge in [-0.2, -0.15) is 0 Å². The third-order valence-electron chi connectivity index (χ3n) is 3.39. The molecular formula is C9H13N3O. The Morgan fingerprint density at radius 1 is 1.54 bits per heavy atom. The molecule has 1 aromatic heterocycles. The SMILES string of the molecule is NCC1C2CN(c3ccon3)CC12. The predicted molar refractivity (Wildman–Crippen MR) is 48.2 cm³/mol. The Bertz CT molecular complexity index is 286. The van der Waals surface area contributed by atoms with Crippen LogP contribution >= 0.6 is 0 Å². The number of hydrogen-bond acceptors (Lipinski definition) is 4. The molecule has 2 N–H and O–H groups in total. The van der Waals surface area contributed by atoms with Crippen LogP contribution in [-0.2, 0) is 0 Å². The van der Waals surface area contributed by atoms with E-state index in [0.29, 0.717) is 0 Å². The van der Waals surface area contributed by atoms with E-state index in [-0.39, 0.29) is 0 Å². The summed E-state index contributed by atoms with van der Waals surface area (Å²) in [6.45, 7) is 3.07. The number of anilines is 1. The van der Waals surface area contributed by atoms with Crippen molar-refractivity contribution in [2.75, 3.05) is 24.5 Å². The average Bonchev–Trinajstić information content (AvgIpc) is 2.68. The van der Waals surface area contributed by atoms with Crippen LogP contribution in [-0.4, -0.2) is 24.8 Å². The molecule has 2 fully saturated rings. The standard InChI is InChI=1S/C9H13N3O/c10-3-6-7-4-12(5-8(6)7)9-1-2-13-11-9/h1-2,6-8H,3-5,10H2. The molecule has 1 aliphatic heterocycles. The van der Waals surface area contributed by atoms with Gasteiger partial charge in [0.05, 0.1) is 0 Å². The van der Waals surface area contributed by atoms with Crippen molar-refractivity contribution in [1.82, 2.24) is 5.16 Å². The maximum absolute atomic E-state index is 5.64. The summed E-state index contributed by atoms with van der Waals surface area (Å²) in [6, 6.07) is 1.92. The summed E-state index contributed by atoms with van der Waals surface area (Å²) in [5.41, 5.74) is 5.64. The molecule has 0 spiro atoms. The van der Waals surface area contributed by atoms with E-state index in [1.165, 1.54) is 0 Å².